The van der Waals surface area contributed by atoms with E-state index in [1.165, 1.54) is 0 Å². The zero-order valence-corrected chi connectivity index (χ0v) is 11.2. The molecular weight excluding hydrogens is 280 g/mol. The first-order chi connectivity index (χ1) is 9.97. The van der Waals surface area contributed by atoms with Gasteiger partial charge >= 0.3 is 18.1 Å². The highest BCUT2D eigenvalue weighted by atomic mass is 16.7. The maximum atomic E-state index is 10.4. The molecule has 21 heavy (non-hydrogen) atoms. The van der Waals surface area contributed by atoms with Gasteiger partial charge in [0, 0.05) is 12.5 Å². The van der Waals surface area contributed by atoms with E-state index in [0.29, 0.717) is 12.0 Å². The average Bonchev–Trinajstić information content (AvgIpc) is 2.48. The summed E-state index contributed by atoms with van der Waals surface area (Å²) in [6.45, 7) is 3.35. The molecule has 2 N–H and O–H groups in total. The van der Waals surface area contributed by atoms with Gasteiger partial charge in [-0.25, -0.2) is 14.4 Å². The predicted molar refractivity (Wildman–Crippen MR) is 73.2 cm³/mol. The number of ether oxygens (including phenoxy) is 2. The molecule has 0 amide bonds. The number of benzene rings is 1. The fraction of sp³-hybridized carbons (Fsp3) is 0.214. The standard InChI is InChI=1S/C7H10O5.C7H6O2/c1-2-6(8)11-4-3-5-12-7(9)10;8-7(9)6-4-2-1-3-5-6/h2H,1,3-5H2,(H,9,10);1-5H,(H,8,9). The molecule has 7 nitrogen and oxygen atoms in total. The van der Waals surface area contributed by atoms with Crippen molar-refractivity contribution < 1.29 is 34.1 Å². The molecule has 0 fully saturated rings. The van der Waals surface area contributed by atoms with Gasteiger partial charge in [0.15, 0.2) is 0 Å². The SMILES string of the molecule is C=CC(=O)OCCCOC(=O)O.O=C(O)c1ccccc1. The van der Waals surface area contributed by atoms with E-state index < -0.39 is 18.1 Å². The van der Waals surface area contributed by atoms with Gasteiger partial charge in [0.2, 0.25) is 0 Å². The van der Waals surface area contributed by atoms with Crippen molar-refractivity contribution in [2.75, 3.05) is 13.2 Å². The van der Waals surface area contributed by atoms with Gasteiger partial charge in [-0.3, -0.25) is 0 Å². The third kappa shape index (κ3) is 10.8. The highest BCUT2D eigenvalue weighted by Gasteiger charge is 1.98. The van der Waals surface area contributed by atoms with Crippen molar-refractivity contribution >= 4 is 18.1 Å². The highest BCUT2D eigenvalue weighted by molar-refractivity contribution is 5.87. The predicted octanol–water partition coefficient (Wildman–Crippen LogP) is 2.19. The highest BCUT2D eigenvalue weighted by Crippen LogP contribution is 1.96. The van der Waals surface area contributed by atoms with Crippen molar-refractivity contribution in [2.24, 2.45) is 0 Å². The number of carboxylic acids is 1. The first-order valence-corrected chi connectivity index (χ1v) is 5.90. The lowest BCUT2D eigenvalue weighted by Crippen LogP contribution is -2.07. The smallest absolute Gasteiger partial charge is 0.478 e. The summed E-state index contributed by atoms with van der Waals surface area (Å²) in [5.41, 5.74) is 0.331. The van der Waals surface area contributed by atoms with Crippen molar-refractivity contribution in [3.8, 4) is 0 Å². The first kappa shape index (κ1) is 18.2. The Kier molecular flexibility index (Phi) is 9.55. The van der Waals surface area contributed by atoms with Crippen LogP contribution in [0.1, 0.15) is 16.8 Å². The number of hydrogen-bond acceptors (Lipinski definition) is 5. The summed E-state index contributed by atoms with van der Waals surface area (Å²) in [5, 5.41) is 16.4. The van der Waals surface area contributed by atoms with Crippen molar-refractivity contribution in [3.05, 3.63) is 48.6 Å². The van der Waals surface area contributed by atoms with E-state index in [0.717, 1.165) is 6.08 Å². The quantitative estimate of drug-likeness (QED) is 0.470. The van der Waals surface area contributed by atoms with Crippen molar-refractivity contribution in [2.45, 2.75) is 6.42 Å². The molecule has 1 aromatic rings. The zero-order chi connectivity index (χ0) is 16.1. The molecule has 1 rings (SSSR count). The van der Waals surface area contributed by atoms with Gasteiger partial charge in [-0.2, -0.15) is 0 Å². The number of carboxylic acid groups (broad SMARTS) is 2. The Morgan fingerprint density at radius 3 is 2.05 bits per heavy atom. The largest absolute Gasteiger partial charge is 0.505 e. The lowest BCUT2D eigenvalue weighted by Gasteiger charge is -2.00. The van der Waals surface area contributed by atoms with Crippen LogP contribution in [-0.2, 0) is 14.3 Å². The minimum atomic E-state index is -1.33. The molecule has 0 saturated carbocycles. The Bertz CT molecular complexity index is 467. The number of carbonyl (C=O) groups excluding carboxylic acids is 1. The van der Waals surface area contributed by atoms with E-state index in [1.54, 1.807) is 30.3 Å². The van der Waals surface area contributed by atoms with Gasteiger partial charge in [-0.15, -0.1) is 0 Å². The van der Waals surface area contributed by atoms with E-state index in [4.69, 9.17) is 10.2 Å². The minimum absolute atomic E-state index is 0.0275. The van der Waals surface area contributed by atoms with Crippen LogP contribution in [0.4, 0.5) is 4.79 Å². The Morgan fingerprint density at radius 1 is 1.05 bits per heavy atom. The van der Waals surface area contributed by atoms with Crippen LogP contribution in [0, 0.1) is 0 Å². The second-order valence-electron chi connectivity index (χ2n) is 3.51. The molecule has 7 heteroatoms. The fourth-order valence-corrected chi connectivity index (χ4v) is 1.03. The van der Waals surface area contributed by atoms with Gasteiger partial charge in [-0.1, -0.05) is 24.8 Å². The van der Waals surface area contributed by atoms with Crippen LogP contribution >= 0.6 is 0 Å². The fourth-order valence-electron chi connectivity index (χ4n) is 1.03. The van der Waals surface area contributed by atoms with Gasteiger partial charge in [0.25, 0.3) is 0 Å². The van der Waals surface area contributed by atoms with E-state index in [1.807, 2.05) is 0 Å². The number of carbonyl (C=O) groups is 3. The molecule has 0 heterocycles. The molecule has 114 valence electrons. The number of aromatic carboxylic acids is 1. The third-order valence-corrected chi connectivity index (χ3v) is 1.95. The molecule has 0 spiro atoms. The van der Waals surface area contributed by atoms with Crippen molar-refractivity contribution in [1.82, 2.24) is 0 Å². The van der Waals surface area contributed by atoms with Crippen LogP contribution in [0.5, 0.6) is 0 Å². The van der Waals surface area contributed by atoms with E-state index in [2.05, 4.69) is 16.1 Å². The monoisotopic (exact) mass is 296 g/mol. The van der Waals surface area contributed by atoms with Crippen LogP contribution in [0.15, 0.2) is 43.0 Å². The average molecular weight is 296 g/mol. The molecular formula is C14H16O7. The molecule has 0 saturated heterocycles. The molecule has 0 unspecified atom stereocenters. The first-order valence-electron chi connectivity index (χ1n) is 5.90. The second-order valence-corrected chi connectivity index (χ2v) is 3.51. The Morgan fingerprint density at radius 2 is 1.62 bits per heavy atom. The molecule has 0 bridgehead atoms. The normalized spacial score (nSPS) is 8.76. The summed E-state index contributed by atoms with van der Waals surface area (Å²) < 4.78 is 8.70. The summed E-state index contributed by atoms with van der Waals surface area (Å²) >= 11 is 0. The Labute approximate surface area is 121 Å². The molecule has 0 aromatic heterocycles. The molecule has 0 aliphatic rings. The summed E-state index contributed by atoms with van der Waals surface area (Å²) in [7, 11) is 0. The van der Waals surface area contributed by atoms with Crippen LogP contribution in [-0.4, -0.2) is 41.5 Å². The number of rotatable bonds is 6. The molecule has 0 radical (unpaired) electrons. The maximum Gasteiger partial charge on any atom is 0.505 e. The van der Waals surface area contributed by atoms with Gasteiger partial charge in [-0.05, 0) is 12.1 Å². The number of hydrogen-bond donors (Lipinski definition) is 2. The summed E-state index contributed by atoms with van der Waals surface area (Å²) in [6, 6.07) is 8.30. The maximum absolute atomic E-state index is 10.4. The van der Waals surface area contributed by atoms with Gasteiger partial charge in [0.1, 0.15) is 0 Å². The van der Waals surface area contributed by atoms with Gasteiger partial charge in [0.05, 0.1) is 18.8 Å². The second kappa shape index (κ2) is 11.0. The van der Waals surface area contributed by atoms with E-state index in [9.17, 15) is 14.4 Å². The van der Waals surface area contributed by atoms with Crippen LogP contribution in [0.25, 0.3) is 0 Å². The lowest BCUT2D eigenvalue weighted by molar-refractivity contribution is -0.138. The third-order valence-electron chi connectivity index (χ3n) is 1.95. The summed E-state index contributed by atoms with van der Waals surface area (Å²) in [5.74, 6) is -1.40. The van der Waals surface area contributed by atoms with Gasteiger partial charge < -0.3 is 19.7 Å². The minimum Gasteiger partial charge on any atom is -0.478 e. The molecule has 1 aromatic carbocycles. The van der Waals surface area contributed by atoms with Crippen LogP contribution in [0.2, 0.25) is 0 Å². The van der Waals surface area contributed by atoms with Crippen molar-refractivity contribution in [1.29, 1.82) is 0 Å². The number of esters is 1. The van der Waals surface area contributed by atoms with Crippen LogP contribution in [0.3, 0.4) is 0 Å². The van der Waals surface area contributed by atoms with Crippen molar-refractivity contribution in [3.63, 3.8) is 0 Å². The molecule has 0 aliphatic heterocycles. The molecule has 0 atom stereocenters. The summed E-state index contributed by atoms with van der Waals surface area (Å²) in [4.78, 5) is 30.4. The Hall–Kier alpha value is -2.83. The lowest BCUT2D eigenvalue weighted by atomic mass is 10.2. The Balaban J connectivity index is 0.000000394. The van der Waals surface area contributed by atoms with E-state index in [-0.39, 0.29) is 13.2 Å². The molecule has 0 aliphatic carbocycles. The van der Waals surface area contributed by atoms with E-state index >= 15 is 0 Å². The zero-order valence-electron chi connectivity index (χ0n) is 11.2. The van der Waals surface area contributed by atoms with Crippen LogP contribution < -0.4 is 0 Å². The topological polar surface area (TPSA) is 110 Å². The summed E-state index contributed by atoms with van der Waals surface area (Å²) in [6.07, 6.45) is 0.0641.